The highest BCUT2D eigenvalue weighted by atomic mass is 16.6. The Labute approximate surface area is 141 Å². The maximum atomic E-state index is 12.4. The maximum absolute atomic E-state index is 12.4. The lowest BCUT2D eigenvalue weighted by Gasteiger charge is -2.33. The van der Waals surface area contributed by atoms with E-state index in [1.807, 2.05) is 20.8 Å². The second-order valence-corrected chi connectivity index (χ2v) is 6.69. The number of piperidine rings is 1. The van der Waals surface area contributed by atoms with Gasteiger partial charge in [0.1, 0.15) is 17.6 Å². The molecule has 132 valence electrons. The van der Waals surface area contributed by atoms with Gasteiger partial charge >= 0.3 is 12.0 Å². The van der Waals surface area contributed by atoms with Crippen LogP contribution in [-0.2, 0) is 9.53 Å². The Bertz CT molecular complexity index is 600. The number of likely N-dealkylation sites (tertiary alicyclic amines) is 1. The minimum absolute atomic E-state index is 0.263. The minimum Gasteiger partial charge on any atom is -0.479 e. The van der Waals surface area contributed by atoms with Crippen molar-refractivity contribution in [3.05, 3.63) is 12.5 Å². The highest BCUT2D eigenvalue weighted by Crippen LogP contribution is 2.23. The van der Waals surface area contributed by atoms with Crippen LogP contribution in [0.25, 0.3) is 0 Å². The van der Waals surface area contributed by atoms with Crippen LogP contribution >= 0.6 is 0 Å². The van der Waals surface area contributed by atoms with Gasteiger partial charge in [-0.25, -0.2) is 9.78 Å². The van der Waals surface area contributed by atoms with Gasteiger partial charge in [0.25, 0.3) is 0 Å². The van der Waals surface area contributed by atoms with Crippen LogP contribution in [0.5, 0.6) is 5.88 Å². The molecule has 24 heavy (non-hydrogen) atoms. The number of nitrogens with zero attached hydrogens (tertiary/aromatic N) is 3. The van der Waals surface area contributed by atoms with E-state index in [9.17, 15) is 9.59 Å². The summed E-state index contributed by atoms with van der Waals surface area (Å²) in [6.07, 6.45) is 4.28. The van der Waals surface area contributed by atoms with Crippen molar-refractivity contribution in [2.45, 2.75) is 39.2 Å². The van der Waals surface area contributed by atoms with Crippen molar-refractivity contribution in [3.63, 3.8) is 0 Å². The van der Waals surface area contributed by atoms with Gasteiger partial charge in [-0.1, -0.05) is 0 Å². The van der Waals surface area contributed by atoms with Gasteiger partial charge in [-0.3, -0.25) is 4.79 Å². The maximum Gasteiger partial charge on any atom is 0.322 e. The Hall–Kier alpha value is -2.38. The van der Waals surface area contributed by atoms with Crippen molar-refractivity contribution < 1.29 is 19.1 Å². The molecule has 0 bridgehead atoms. The molecule has 1 aliphatic rings. The Morgan fingerprint density at radius 1 is 1.38 bits per heavy atom. The lowest BCUT2D eigenvalue weighted by Crippen LogP contribution is -2.45. The smallest absolute Gasteiger partial charge is 0.322 e. The van der Waals surface area contributed by atoms with E-state index in [4.69, 9.17) is 9.47 Å². The number of esters is 1. The number of nitrogens with one attached hydrogen (secondary N) is 1. The van der Waals surface area contributed by atoms with E-state index < -0.39 is 5.60 Å². The van der Waals surface area contributed by atoms with Gasteiger partial charge in [0, 0.05) is 13.1 Å². The molecule has 0 radical (unpaired) electrons. The number of methoxy groups -OCH3 is 1. The Kier molecular flexibility index (Phi) is 5.58. The third kappa shape index (κ3) is 4.81. The predicted molar refractivity (Wildman–Crippen MR) is 87.7 cm³/mol. The predicted octanol–water partition coefficient (Wildman–Crippen LogP) is 2.07. The van der Waals surface area contributed by atoms with Gasteiger partial charge in [0.2, 0.25) is 5.88 Å². The van der Waals surface area contributed by atoms with Crippen molar-refractivity contribution in [1.82, 2.24) is 14.9 Å². The molecule has 0 aromatic carbocycles. The highest BCUT2D eigenvalue weighted by molar-refractivity contribution is 5.90. The average molecular weight is 336 g/mol. The second-order valence-electron chi connectivity index (χ2n) is 6.69. The van der Waals surface area contributed by atoms with Gasteiger partial charge < -0.3 is 19.7 Å². The van der Waals surface area contributed by atoms with Crippen LogP contribution in [0.4, 0.5) is 10.5 Å². The fourth-order valence-corrected chi connectivity index (χ4v) is 2.50. The number of rotatable bonds is 3. The zero-order chi connectivity index (χ0) is 17.7. The summed E-state index contributed by atoms with van der Waals surface area (Å²) in [7, 11) is 1.47. The number of carbonyl (C=O) groups is 2. The molecular formula is C16H24N4O4. The largest absolute Gasteiger partial charge is 0.479 e. The van der Waals surface area contributed by atoms with Gasteiger partial charge in [-0.05, 0) is 33.6 Å². The molecule has 8 nitrogen and oxygen atoms in total. The molecule has 2 heterocycles. The topological polar surface area (TPSA) is 93.7 Å². The van der Waals surface area contributed by atoms with E-state index >= 15 is 0 Å². The first-order valence-corrected chi connectivity index (χ1v) is 7.93. The van der Waals surface area contributed by atoms with Crippen LogP contribution in [0.15, 0.2) is 12.5 Å². The number of urea groups is 1. The summed E-state index contributed by atoms with van der Waals surface area (Å²) in [6, 6.07) is -0.309. The molecule has 2 amide bonds. The molecule has 0 aliphatic carbocycles. The van der Waals surface area contributed by atoms with Gasteiger partial charge in [0.05, 0.1) is 19.2 Å². The summed E-state index contributed by atoms with van der Waals surface area (Å²) < 4.78 is 10.5. The molecule has 1 fully saturated rings. The zero-order valence-corrected chi connectivity index (χ0v) is 14.5. The number of aromatic nitrogens is 2. The molecular weight excluding hydrogens is 312 g/mol. The second kappa shape index (κ2) is 7.46. The number of ether oxygens (including phenoxy) is 2. The van der Waals surface area contributed by atoms with Gasteiger partial charge in [0.15, 0.2) is 0 Å². The summed E-state index contributed by atoms with van der Waals surface area (Å²) in [5.41, 5.74) is -0.138. The van der Waals surface area contributed by atoms with Crippen LogP contribution < -0.4 is 10.1 Å². The van der Waals surface area contributed by atoms with E-state index in [0.717, 1.165) is 12.8 Å². The van der Waals surface area contributed by atoms with E-state index in [1.54, 1.807) is 4.90 Å². The standard InChI is InChI=1S/C16H24N4O4/c1-16(2,3)24-14(21)11-6-5-7-20(9-11)15(22)19-12-8-17-10-18-13(12)23-4/h8,10-11H,5-7,9H2,1-4H3,(H,19,22)/t11-/m0/s1. The minimum atomic E-state index is -0.531. The van der Waals surface area contributed by atoms with Crippen molar-refractivity contribution in [3.8, 4) is 5.88 Å². The lowest BCUT2D eigenvalue weighted by atomic mass is 9.98. The molecule has 0 unspecified atom stereocenters. The lowest BCUT2D eigenvalue weighted by molar-refractivity contribution is -0.161. The molecule has 0 spiro atoms. The van der Waals surface area contributed by atoms with E-state index in [1.165, 1.54) is 19.6 Å². The number of amides is 2. The van der Waals surface area contributed by atoms with Gasteiger partial charge in [-0.2, -0.15) is 4.98 Å². The molecule has 1 aromatic rings. The molecule has 0 saturated carbocycles. The quantitative estimate of drug-likeness (QED) is 0.849. The molecule has 1 atom stereocenters. The van der Waals surface area contributed by atoms with Crippen LogP contribution in [0, 0.1) is 5.92 Å². The summed E-state index contributed by atoms with van der Waals surface area (Å²) in [4.78, 5) is 34.1. The van der Waals surface area contributed by atoms with Crippen molar-refractivity contribution in [1.29, 1.82) is 0 Å². The number of carbonyl (C=O) groups excluding carboxylic acids is 2. The van der Waals surface area contributed by atoms with Gasteiger partial charge in [-0.15, -0.1) is 0 Å². The summed E-state index contributed by atoms with van der Waals surface area (Å²) in [6.45, 7) is 6.41. The fraction of sp³-hybridized carbons (Fsp3) is 0.625. The monoisotopic (exact) mass is 336 g/mol. The SMILES string of the molecule is COc1ncncc1NC(=O)N1CCC[C@H](C(=O)OC(C)(C)C)C1. The van der Waals surface area contributed by atoms with E-state index in [2.05, 4.69) is 15.3 Å². The number of anilines is 1. The third-order valence-electron chi connectivity index (χ3n) is 3.56. The van der Waals surface area contributed by atoms with Crippen LogP contribution in [0.2, 0.25) is 0 Å². The average Bonchev–Trinajstić information content (AvgIpc) is 2.54. The first kappa shape index (κ1) is 18.0. The highest BCUT2D eigenvalue weighted by Gasteiger charge is 2.31. The third-order valence-corrected chi connectivity index (χ3v) is 3.56. The van der Waals surface area contributed by atoms with Crippen molar-refractivity contribution in [2.75, 3.05) is 25.5 Å². The first-order chi connectivity index (χ1) is 11.3. The summed E-state index contributed by atoms with van der Waals surface area (Å²) in [5.74, 6) is -0.280. The fourth-order valence-electron chi connectivity index (χ4n) is 2.50. The summed E-state index contributed by atoms with van der Waals surface area (Å²) in [5, 5.41) is 2.72. The molecule has 1 saturated heterocycles. The van der Waals surface area contributed by atoms with Crippen molar-refractivity contribution in [2.24, 2.45) is 5.92 Å². The summed E-state index contributed by atoms with van der Waals surface area (Å²) >= 11 is 0. The Morgan fingerprint density at radius 3 is 2.79 bits per heavy atom. The number of hydrogen-bond acceptors (Lipinski definition) is 6. The van der Waals surface area contributed by atoms with E-state index in [-0.39, 0.29) is 17.9 Å². The zero-order valence-electron chi connectivity index (χ0n) is 14.5. The van der Waals surface area contributed by atoms with Crippen LogP contribution in [0.1, 0.15) is 33.6 Å². The van der Waals surface area contributed by atoms with E-state index in [0.29, 0.717) is 24.7 Å². The Balaban J connectivity index is 1.98. The van der Waals surface area contributed by atoms with Crippen LogP contribution in [0.3, 0.4) is 0 Å². The Morgan fingerprint density at radius 2 is 2.12 bits per heavy atom. The number of hydrogen-bond donors (Lipinski definition) is 1. The normalized spacial score (nSPS) is 18.0. The molecule has 8 heteroatoms. The molecule has 2 rings (SSSR count). The van der Waals surface area contributed by atoms with Crippen molar-refractivity contribution >= 4 is 17.7 Å². The molecule has 1 N–H and O–H groups in total. The van der Waals surface area contributed by atoms with Crippen LogP contribution in [-0.4, -0.2) is 52.7 Å². The molecule has 1 aliphatic heterocycles. The molecule has 1 aromatic heterocycles. The first-order valence-electron chi connectivity index (χ1n) is 7.93.